The SMILES string of the molecule is CC(C)C1=CCCC2CCCC12. The first-order chi connectivity index (χ1) is 5.79. The molecule has 1 saturated carbocycles. The number of allylic oxidation sites excluding steroid dienone is 2. The fourth-order valence-corrected chi connectivity index (χ4v) is 3.10. The highest BCUT2D eigenvalue weighted by Crippen LogP contribution is 2.44. The van der Waals surface area contributed by atoms with Gasteiger partial charge >= 0.3 is 0 Å². The zero-order valence-corrected chi connectivity index (χ0v) is 8.34. The topological polar surface area (TPSA) is 0 Å². The van der Waals surface area contributed by atoms with Gasteiger partial charge in [-0.2, -0.15) is 0 Å². The lowest BCUT2D eigenvalue weighted by Gasteiger charge is -2.29. The predicted octanol–water partition coefficient (Wildman–Crippen LogP) is 3.78. The van der Waals surface area contributed by atoms with E-state index in [1.165, 1.54) is 32.1 Å². The van der Waals surface area contributed by atoms with E-state index in [-0.39, 0.29) is 0 Å². The first-order valence-electron chi connectivity index (χ1n) is 5.49. The van der Waals surface area contributed by atoms with Gasteiger partial charge in [0.15, 0.2) is 0 Å². The van der Waals surface area contributed by atoms with Crippen LogP contribution in [0.5, 0.6) is 0 Å². The second-order valence-electron chi connectivity index (χ2n) is 4.73. The van der Waals surface area contributed by atoms with Crippen LogP contribution < -0.4 is 0 Å². The zero-order chi connectivity index (χ0) is 8.55. The Labute approximate surface area is 76.1 Å². The van der Waals surface area contributed by atoms with Gasteiger partial charge in [-0.3, -0.25) is 0 Å². The molecule has 1 fully saturated rings. The Morgan fingerprint density at radius 3 is 2.83 bits per heavy atom. The molecule has 2 unspecified atom stereocenters. The highest BCUT2D eigenvalue weighted by Gasteiger charge is 2.32. The maximum Gasteiger partial charge on any atom is -0.0172 e. The van der Waals surface area contributed by atoms with Crippen LogP contribution in [0, 0.1) is 17.8 Å². The van der Waals surface area contributed by atoms with Crippen molar-refractivity contribution in [2.75, 3.05) is 0 Å². The third-order valence-corrected chi connectivity index (χ3v) is 3.67. The van der Waals surface area contributed by atoms with Crippen LogP contribution in [-0.4, -0.2) is 0 Å². The van der Waals surface area contributed by atoms with Crippen LogP contribution in [0.15, 0.2) is 11.6 Å². The summed E-state index contributed by atoms with van der Waals surface area (Å²) in [7, 11) is 0. The molecule has 2 aliphatic rings. The highest BCUT2D eigenvalue weighted by atomic mass is 14.4. The molecule has 12 heavy (non-hydrogen) atoms. The Balaban J connectivity index is 2.16. The molecule has 0 heterocycles. The smallest absolute Gasteiger partial charge is 0.0172 e. The monoisotopic (exact) mass is 164 g/mol. The normalized spacial score (nSPS) is 35.1. The lowest BCUT2D eigenvalue weighted by atomic mass is 9.76. The molecule has 2 atom stereocenters. The Morgan fingerprint density at radius 2 is 2.08 bits per heavy atom. The number of hydrogen-bond donors (Lipinski definition) is 0. The van der Waals surface area contributed by atoms with Crippen molar-refractivity contribution in [2.24, 2.45) is 17.8 Å². The van der Waals surface area contributed by atoms with Crippen LogP contribution in [0.4, 0.5) is 0 Å². The predicted molar refractivity (Wildman–Crippen MR) is 53.0 cm³/mol. The standard InChI is InChI=1S/C12H20/c1-9(2)11-7-3-5-10-6-4-8-12(10)11/h7,9-10,12H,3-6,8H2,1-2H3. The van der Waals surface area contributed by atoms with Crippen LogP contribution in [0.25, 0.3) is 0 Å². The van der Waals surface area contributed by atoms with Crippen LogP contribution in [-0.2, 0) is 0 Å². The van der Waals surface area contributed by atoms with Crippen molar-refractivity contribution in [1.29, 1.82) is 0 Å². The molecule has 0 aromatic carbocycles. The van der Waals surface area contributed by atoms with Gasteiger partial charge in [0.1, 0.15) is 0 Å². The van der Waals surface area contributed by atoms with E-state index in [0.717, 1.165) is 17.8 Å². The summed E-state index contributed by atoms with van der Waals surface area (Å²) in [6.45, 7) is 4.71. The van der Waals surface area contributed by atoms with Gasteiger partial charge in [-0.15, -0.1) is 0 Å². The van der Waals surface area contributed by atoms with Crippen molar-refractivity contribution < 1.29 is 0 Å². The molecule has 0 saturated heterocycles. The number of hydrogen-bond acceptors (Lipinski definition) is 0. The third kappa shape index (κ3) is 1.32. The van der Waals surface area contributed by atoms with Crippen molar-refractivity contribution in [1.82, 2.24) is 0 Å². The molecule has 68 valence electrons. The van der Waals surface area contributed by atoms with E-state index in [9.17, 15) is 0 Å². The molecular formula is C12H20. The summed E-state index contributed by atoms with van der Waals surface area (Å²) in [5.41, 5.74) is 1.78. The van der Waals surface area contributed by atoms with E-state index in [1.807, 2.05) is 0 Å². The van der Waals surface area contributed by atoms with Gasteiger partial charge in [-0.05, 0) is 43.4 Å². The molecule has 0 radical (unpaired) electrons. The minimum absolute atomic E-state index is 0.802. The van der Waals surface area contributed by atoms with Crippen molar-refractivity contribution in [3.8, 4) is 0 Å². The summed E-state index contributed by atoms with van der Waals surface area (Å²) in [5, 5.41) is 0. The molecular weight excluding hydrogens is 144 g/mol. The van der Waals surface area contributed by atoms with Gasteiger partial charge in [0, 0.05) is 0 Å². The fourth-order valence-electron chi connectivity index (χ4n) is 3.10. The summed E-state index contributed by atoms with van der Waals surface area (Å²) in [6.07, 6.45) is 9.83. The maximum atomic E-state index is 2.52. The molecule has 0 nitrogen and oxygen atoms in total. The minimum Gasteiger partial charge on any atom is -0.0848 e. The molecule has 2 aliphatic carbocycles. The molecule has 0 aromatic heterocycles. The molecule has 0 amide bonds. The second kappa shape index (κ2) is 3.24. The van der Waals surface area contributed by atoms with Gasteiger partial charge in [-0.25, -0.2) is 0 Å². The first-order valence-corrected chi connectivity index (χ1v) is 5.49. The summed E-state index contributed by atoms with van der Waals surface area (Å²) in [5.74, 6) is 2.85. The van der Waals surface area contributed by atoms with Gasteiger partial charge in [0.05, 0.1) is 0 Å². The molecule has 0 aromatic rings. The van der Waals surface area contributed by atoms with E-state index >= 15 is 0 Å². The summed E-state index contributed by atoms with van der Waals surface area (Å²) < 4.78 is 0. The van der Waals surface area contributed by atoms with Crippen LogP contribution in [0.1, 0.15) is 46.0 Å². The number of fused-ring (bicyclic) bond motifs is 1. The Morgan fingerprint density at radius 1 is 1.25 bits per heavy atom. The Kier molecular flexibility index (Phi) is 2.25. The molecule has 0 aliphatic heterocycles. The van der Waals surface area contributed by atoms with Crippen LogP contribution in [0.2, 0.25) is 0 Å². The maximum absolute atomic E-state index is 2.52. The van der Waals surface area contributed by atoms with Crippen molar-refractivity contribution >= 4 is 0 Å². The van der Waals surface area contributed by atoms with Crippen LogP contribution >= 0.6 is 0 Å². The summed E-state index contributed by atoms with van der Waals surface area (Å²) in [4.78, 5) is 0. The third-order valence-electron chi connectivity index (χ3n) is 3.67. The minimum atomic E-state index is 0.802. The van der Waals surface area contributed by atoms with Gasteiger partial charge in [0.25, 0.3) is 0 Å². The van der Waals surface area contributed by atoms with Crippen LogP contribution in [0.3, 0.4) is 0 Å². The molecule has 0 bridgehead atoms. The summed E-state index contributed by atoms with van der Waals surface area (Å²) >= 11 is 0. The largest absolute Gasteiger partial charge is 0.0848 e. The highest BCUT2D eigenvalue weighted by molar-refractivity contribution is 5.15. The lowest BCUT2D eigenvalue weighted by Crippen LogP contribution is -2.17. The van der Waals surface area contributed by atoms with E-state index in [4.69, 9.17) is 0 Å². The quantitative estimate of drug-likeness (QED) is 0.517. The Bertz CT molecular complexity index is 188. The molecule has 0 heteroatoms. The van der Waals surface area contributed by atoms with Crippen molar-refractivity contribution in [3.05, 3.63) is 11.6 Å². The Hall–Kier alpha value is -0.260. The van der Waals surface area contributed by atoms with E-state index in [1.54, 1.807) is 5.57 Å². The van der Waals surface area contributed by atoms with Crippen molar-refractivity contribution in [3.63, 3.8) is 0 Å². The van der Waals surface area contributed by atoms with Gasteiger partial charge in [0.2, 0.25) is 0 Å². The summed E-state index contributed by atoms with van der Waals surface area (Å²) in [6, 6.07) is 0. The van der Waals surface area contributed by atoms with E-state index in [0.29, 0.717) is 0 Å². The number of rotatable bonds is 1. The average Bonchev–Trinajstić information content (AvgIpc) is 2.49. The van der Waals surface area contributed by atoms with E-state index in [2.05, 4.69) is 19.9 Å². The molecule has 0 N–H and O–H groups in total. The average molecular weight is 164 g/mol. The molecule has 0 spiro atoms. The van der Waals surface area contributed by atoms with Gasteiger partial charge < -0.3 is 0 Å². The second-order valence-corrected chi connectivity index (χ2v) is 4.73. The van der Waals surface area contributed by atoms with Crippen molar-refractivity contribution in [2.45, 2.75) is 46.0 Å². The van der Waals surface area contributed by atoms with Gasteiger partial charge in [-0.1, -0.05) is 31.9 Å². The zero-order valence-electron chi connectivity index (χ0n) is 8.34. The van der Waals surface area contributed by atoms with E-state index < -0.39 is 0 Å². The lowest BCUT2D eigenvalue weighted by molar-refractivity contribution is 0.367. The fraction of sp³-hybridized carbons (Fsp3) is 0.833. The first kappa shape index (κ1) is 8.34. The molecule has 2 rings (SSSR count).